The van der Waals surface area contributed by atoms with E-state index in [-0.39, 0.29) is 0 Å². The van der Waals surface area contributed by atoms with Crippen molar-refractivity contribution >= 4 is 5.95 Å². The van der Waals surface area contributed by atoms with Crippen molar-refractivity contribution in [3.05, 3.63) is 12.4 Å². The fraction of sp³-hybridized carbons (Fsp3) is 0.769. The molecule has 0 aromatic carbocycles. The molecule has 102 valence electrons. The lowest BCUT2D eigenvalue weighted by molar-refractivity contribution is 0.186. The summed E-state index contributed by atoms with van der Waals surface area (Å²) in [6.45, 7) is 7.24. The van der Waals surface area contributed by atoms with Crippen molar-refractivity contribution in [2.45, 2.75) is 25.8 Å². The van der Waals surface area contributed by atoms with Crippen molar-refractivity contribution in [2.75, 3.05) is 45.2 Å². The minimum Gasteiger partial charge on any atom is -0.383 e. The third-order valence-electron chi connectivity index (χ3n) is 3.58. The molecule has 0 saturated carbocycles. The van der Waals surface area contributed by atoms with Gasteiger partial charge in [0.25, 0.3) is 0 Å². The molecule has 1 unspecified atom stereocenters. The van der Waals surface area contributed by atoms with E-state index in [1.165, 1.54) is 19.4 Å². The third kappa shape index (κ3) is 3.23. The maximum Gasteiger partial charge on any atom is 0.203 e. The van der Waals surface area contributed by atoms with Gasteiger partial charge in [-0.05, 0) is 25.9 Å². The summed E-state index contributed by atoms with van der Waals surface area (Å²) in [7, 11) is 1.72. The number of rotatable bonds is 6. The number of piperidine rings is 1. The molecule has 0 spiro atoms. The molecule has 18 heavy (non-hydrogen) atoms. The number of likely N-dealkylation sites (tertiary alicyclic amines) is 1. The maximum atomic E-state index is 5.05. The fourth-order valence-electron chi connectivity index (χ4n) is 2.55. The molecule has 1 fully saturated rings. The SMILES string of the molecule is CCN1CCCC(n2ccnc2NCCOC)C1. The van der Waals surface area contributed by atoms with Crippen LogP contribution in [0.4, 0.5) is 5.95 Å². The van der Waals surface area contributed by atoms with Gasteiger partial charge in [0.05, 0.1) is 6.61 Å². The van der Waals surface area contributed by atoms with E-state index in [9.17, 15) is 0 Å². The number of hydrogen-bond acceptors (Lipinski definition) is 4. The first-order valence-electron chi connectivity index (χ1n) is 6.83. The molecule has 1 aromatic heterocycles. The first-order valence-corrected chi connectivity index (χ1v) is 6.83. The Morgan fingerprint density at radius 1 is 1.56 bits per heavy atom. The Balaban J connectivity index is 1.97. The second-order valence-electron chi connectivity index (χ2n) is 4.77. The standard InChI is InChI=1S/C13H24N4O/c1-3-16-8-4-5-12(11-16)17-9-6-14-13(17)15-7-10-18-2/h6,9,12H,3-5,7-8,10-11H2,1-2H3,(H,14,15). The Morgan fingerprint density at radius 3 is 3.22 bits per heavy atom. The predicted octanol–water partition coefficient (Wildman–Crippen LogP) is 1.60. The van der Waals surface area contributed by atoms with Crippen molar-refractivity contribution < 1.29 is 4.74 Å². The van der Waals surface area contributed by atoms with Gasteiger partial charge in [0, 0.05) is 38.6 Å². The molecule has 5 heteroatoms. The number of hydrogen-bond donors (Lipinski definition) is 1. The summed E-state index contributed by atoms with van der Waals surface area (Å²) in [5.41, 5.74) is 0. The quantitative estimate of drug-likeness (QED) is 0.781. The minimum absolute atomic E-state index is 0.547. The summed E-state index contributed by atoms with van der Waals surface area (Å²) in [5.74, 6) is 0.968. The van der Waals surface area contributed by atoms with Crippen LogP contribution in [-0.4, -0.2) is 54.3 Å². The number of likely N-dealkylation sites (N-methyl/N-ethyl adjacent to an activating group) is 1. The molecule has 2 rings (SSSR count). The Bertz CT molecular complexity index is 353. The van der Waals surface area contributed by atoms with Crippen LogP contribution in [-0.2, 0) is 4.74 Å². The average Bonchev–Trinajstić information content (AvgIpc) is 2.87. The zero-order valence-electron chi connectivity index (χ0n) is 11.4. The monoisotopic (exact) mass is 252 g/mol. The summed E-state index contributed by atoms with van der Waals surface area (Å²) in [4.78, 5) is 6.90. The first kappa shape index (κ1) is 13.4. The highest BCUT2D eigenvalue weighted by atomic mass is 16.5. The predicted molar refractivity (Wildman–Crippen MR) is 73.0 cm³/mol. The molecule has 2 heterocycles. The highest BCUT2D eigenvalue weighted by Gasteiger charge is 2.21. The first-order chi connectivity index (χ1) is 8.85. The second kappa shape index (κ2) is 6.75. The number of nitrogens with one attached hydrogen (secondary N) is 1. The van der Waals surface area contributed by atoms with Crippen molar-refractivity contribution in [1.82, 2.24) is 14.5 Å². The normalized spacial score (nSPS) is 21.1. The third-order valence-corrected chi connectivity index (χ3v) is 3.58. The summed E-state index contributed by atoms with van der Waals surface area (Å²) in [5, 5.41) is 3.33. The van der Waals surface area contributed by atoms with Gasteiger partial charge in [-0.1, -0.05) is 6.92 Å². The number of ether oxygens (including phenoxy) is 1. The van der Waals surface area contributed by atoms with Crippen LogP contribution < -0.4 is 5.32 Å². The molecule has 0 radical (unpaired) electrons. The molecule has 1 atom stereocenters. The Labute approximate surface area is 109 Å². The van der Waals surface area contributed by atoms with Crippen LogP contribution in [0.2, 0.25) is 0 Å². The van der Waals surface area contributed by atoms with Crippen LogP contribution in [0.1, 0.15) is 25.8 Å². The smallest absolute Gasteiger partial charge is 0.203 e. The van der Waals surface area contributed by atoms with E-state index < -0.39 is 0 Å². The van der Waals surface area contributed by atoms with Gasteiger partial charge in [-0.2, -0.15) is 0 Å². The van der Waals surface area contributed by atoms with Crippen LogP contribution in [0.3, 0.4) is 0 Å². The van der Waals surface area contributed by atoms with Crippen LogP contribution in [0.5, 0.6) is 0 Å². The lowest BCUT2D eigenvalue weighted by Crippen LogP contribution is -2.36. The lowest BCUT2D eigenvalue weighted by Gasteiger charge is -2.33. The van der Waals surface area contributed by atoms with Gasteiger partial charge in [-0.25, -0.2) is 4.98 Å². The Morgan fingerprint density at radius 2 is 2.44 bits per heavy atom. The molecule has 0 amide bonds. The molecule has 0 bridgehead atoms. The summed E-state index contributed by atoms with van der Waals surface area (Å²) >= 11 is 0. The van der Waals surface area contributed by atoms with E-state index in [0.29, 0.717) is 12.6 Å². The summed E-state index contributed by atoms with van der Waals surface area (Å²) < 4.78 is 7.33. The van der Waals surface area contributed by atoms with Gasteiger partial charge in [0.2, 0.25) is 5.95 Å². The van der Waals surface area contributed by atoms with Crippen molar-refractivity contribution in [2.24, 2.45) is 0 Å². The summed E-state index contributed by atoms with van der Waals surface area (Å²) in [6.07, 6.45) is 6.47. The van der Waals surface area contributed by atoms with Crippen LogP contribution >= 0.6 is 0 Å². The van der Waals surface area contributed by atoms with Crippen LogP contribution in [0, 0.1) is 0 Å². The number of nitrogens with zero attached hydrogens (tertiary/aromatic N) is 3. The van der Waals surface area contributed by atoms with E-state index in [1.54, 1.807) is 7.11 Å². The molecule has 1 aromatic rings. The fourth-order valence-corrected chi connectivity index (χ4v) is 2.55. The number of imidazole rings is 1. The lowest BCUT2D eigenvalue weighted by atomic mass is 10.1. The van der Waals surface area contributed by atoms with Crippen LogP contribution in [0.15, 0.2) is 12.4 Å². The van der Waals surface area contributed by atoms with Gasteiger partial charge in [-0.15, -0.1) is 0 Å². The topological polar surface area (TPSA) is 42.3 Å². The Kier molecular flexibility index (Phi) is 5.01. The van der Waals surface area contributed by atoms with Gasteiger partial charge in [0.1, 0.15) is 0 Å². The van der Waals surface area contributed by atoms with Crippen molar-refractivity contribution in [1.29, 1.82) is 0 Å². The molecule has 5 nitrogen and oxygen atoms in total. The number of aromatic nitrogens is 2. The molecule has 1 saturated heterocycles. The van der Waals surface area contributed by atoms with E-state index in [0.717, 1.165) is 25.6 Å². The maximum absolute atomic E-state index is 5.05. The molecule has 1 N–H and O–H groups in total. The van der Waals surface area contributed by atoms with Gasteiger partial charge >= 0.3 is 0 Å². The van der Waals surface area contributed by atoms with Gasteiger partial charge < -0.3 is 19.5 Å². The van der Waals surface area contributed by atoms with Gasteiger partial charge in [-0.3, -0.25) is 0 Å². The average molecular weight is 252 g/mol. The van der Waals surface area contributed by atoms with Crippen molar-refractivity contribution in [3.8, 4) is 0 Å². The largest absolute Gasteiger partial charge is 0.383 e. The number of anilines is 1. The number of methoxy groups -OCH3 is 1. The van der Waals surface area contributed by atoms with E-state index in [1.807, 2.05) is 6.20 Å². The molecule has 1 aliphatic heterocycles. The highest BCUT2D eigenvalue weighted by Crippen LogP contribution is 2.24. The zero-order chi connectivity index (χ0) is 12.8. The zero-order valence-corrected chi connectivity index (χ0v) is 11.4. The molecular weight excluding hydrogens is 228 g/mol. The van der Waals surface area contributed by atoms with Crippen LogP contribution in [0.25, 0.3) is 0 Å². The van der Waals surface area contributed by atoms with E-state index in [4.69, 9.17) is 4.74 Å². The van der Waals surface area contributed by atoms with Crippen molar-refractivity contribution in [3.63, 3.8) is 0 Å². The minimum atomic E-state index is 0.547. The second-order valence-corrected chi connectivity index (χ2v) is 4.77. The Hall–Kier alpha value is -1.07. The highest BCUT2D eigenvalue weighted by molar-refractivity contribution is 5.26. The van der Waals surface area contributed by atoms with E-state index in [2.05, 4.69) is 32.9 Å². The molecule has 0 aliphatic carbocycles. The molecule has 1 aliphatic rings. The van der Waals surface area contributed by atoms with E-state index >= 15 is 0 Å². The molecular formula is C13H24N4O. The summed E-state index contributed by atoms with van der Waals surface area (Å²) in [6, 6.07) is 0.547. The van der Waals surface area contributed by atoms with Gasteiger partial charge in [0.15, 0.2) is 0 Å².